The second-order valence-electron chi connectivity index (χ2n) is 12.0. The lowest BCUT2D eigenvalue weighted by Crippen LogP contribution is -2.48. The Morgan fingerprint density at radius 3 is 2.30 bits per heavy atom. The van der Waals surface area contributed by atoms with Crippen molar-refractivity contribution in [1.82, 2.24) is 0 Å². The van der Waals surface area contributed by atoms with Crippen LogP contribution in [0.5, 0.6) is 5.75 Å². The fourth-order valence-electron chi connectivity index (χ4n) is 7.83. The van der Waals surface area contributed by atoms with E-state index in [-0.39, 0.29) is 41.1 Å². The van der Waals surface area contributed by atoms with Crippen molar-refractivity contribution in [3.05, 3.63) is 98.2 Å². The zero-order chi connectivity index (χ0) is 31.2. The fraction of sp³-hybridized carbons (Fsp3) is 0.273. The summed E-state index contributed by atoms with van der Waals surface area (Å²) in [5.74, 6) is -6.16. The molecule has 6 atom stereocenters. The molecular weight excluding hydrogens is 674 g/mol. The van der Waals surface area contributed by atoms with Crippen molar-refractivity contribution in [2.24, 2.45) is 29.1 Å². The van der Waals surface area contributed by atoms with Gasteiger partial charge in [0.1, 0.15) is 11.6 Å². The smallest absolute Gasteiger partial charge is 0.241 e. The molecule has 224 valence electrons. The molecule has 3 fully saturated rings. The first-order valence-electron chi connectivity index (χ1n) is 14.1. The molecule has 3 aromatic carbocycles. The lowest BCUT2D eigenvalue weighted by atomic mass is 9.51. The van der Waals surface area contributed by atoms with E-state index in [1.807, 2.05) is 6.08 Å². The molecule has 0 radical (unpaired) electrons. The van der Waals surface area contributed by atoms with Gasteiger partial charge < -0.3 is 5.11 Å². The number of carbonyl (C=O) groups is 4. The summed E-state index contributed by atoms with van der Waals surface area (Å²) in [4.78, 5) is 58.7. The molecule has 4 aliphatic rings. The predicted molar refractivity (Wildman–Crippen MR) is 166 cm³/mol. The van der Waals surface area contributed by atoms with Crippen LogP contribution < -0.4 is 9.80 Å². The molecule has 4 amide bonds. The van der Waals surface area contributed by atoms with Crippen LogP contribution in [0.15, 0.2) is 76.8 Å². The van der Waals surface area contributed by atoms with Crippen molar-refractivity contribution in [3.8, 4) is 5.75 Å². The Hall–Kier alpha value is -3.53. The number of benzene rings is 3. The van der Waals surface area contributed by atoms with Gasteiger partial charge >= 0.3 is 0 Å². The molecule has 0 aromatic heterocycles. The third-order valence-corrected chi connectivity index (χ3v) is 10.9. The summed E-state index contributed by atoms with van der Waals surface area (Å²) in [5, 5.41) is 11.4. The summed E-state index contributed by atoms with van der Waals surface area (Å²) in [7, 11) is 0. The van der Waals surface area contributed by atoms with Crippen LogP contribution in [0, 0.1) is 34.9 Å². The van der Waals surface area contributed by atoms with Gasteiger partial charge in [-0.3, -0.25) is 24.1 Å². The molecule has 3 aromatic rings. The van der Waals surface area contributed by atoms with Crippen molar-refractivity contribution >= 4 is 74.1 Å². The minimum atomic E-state index is -1.37. The zero-order valence-electron chi connectivity index (χ0n) is 23.1. The minimum absolute atomic E-state index is 0.0676. The van der Waals surface area contributed by atoms with Gasteiger partial charge in [0, 0.05) is 21.0 Å². The van der Waals surface area contributed by atoms with Gasteiger partial charge in [0.2, 0.25) is 23.6 Å². The number of hydrogen-bond acceptors (Lipinski definition) is 5. The van der Waals surface area contributed by atoms with Crippen LogP contribution in [-0.2, 0) is 19.2 Å². The van der Waals surface area contributed by atoms with E-state index in [2.05, 4.69) is 15.9 Å². The molecule has 1 saturated carbocycles. The van der Waals surface area contributed by atoms with Crippen LogP contribution in [0.1, 0.15) is 31.2 Å². The summed E-state index contributed by atoms with van der Waals surface area (Å²) in [5.41, 5.74) is 0.335. The predicted octanol–water partition coefficient (Wildman–Crippen LogP) is 7.04. The molecule has 11 heteroatoms. The maximum Gasteiger partial charge on any atom is 0.241 e. The second kappa shape index (κ2) is 10.3. The molecular formula is C33H24BrCl2FN2O5. The average Bonchev–Trinajstić information content (AvgIpc) is 3.36. The van der Waals surface area contributed by atoms with Crippen molar-refractivity contribution in [1.29, 1.82) is 0 Å². The molecule has 2 heterocycles. The van der Waals surface area contributed by atoms with Crippen LogP contribution in [-0.4, -0.2) is 28.7 Å². The summed E-state index contributed by atoms with van der Waals surface area (Å²) in [6, 6.07) is 15.0. The summed E-state index contributed by atoms with van der Waals surface area (Å²) < 4.78 is 14.7. The van der Waals surface area contributed by atoms with E-state index in [9.17, 15) is 28.7 Å². The minimum Gasteiger partial charge on any atom is -0.508 e. The number of aromatic hydroxyl groups is 1. The van der Waals surface area contributed by atoms with Gasteiger partial charge in [0.15, 0.2) is 0 Å². The highest BCUT2D eigenvalue weighted by Crippen LogP contribution is 2.64. The third-order valence-electron chi connectivity index (χ3n) is 9.82. The van der Waals surface area contributed by atoms with E-state index in [0.717, 1.165) is 16.5 Å². The topological polar surface area (TPSA) is 95.0 Å². The van der Waals surface area contributed by atoms with Gasteiger partial charge in [-0.05, 0) is 86.3 Å². The molecule has 2 aliphatic heterocycles. The van der Waals surface area contributed by atoms with E-state index in [4.69, 9.17) is 23.2 Å². The van der Waals surface area contributed by atoms with Crippen LogP contribution >= 0.6 is 39.1 Å². The number of phenolic OH excluding ortho intramolecular Hbond substituents is 1. The number of anilines is 2. The van der Waals surface area contributed by atoms with Gasteiger partial charge in [-0.2, -0.15) is 0 Å². The average molecular weight is 698 g/mol. The molecule has 0 spiro atoms. The number of carbonyl (C=O) groups excluding carboxylic acids is 4. The zero-order valence-corrected chi connectivity index (χ0v) is 26.2. The highest BCUT2D eigenvalue weighted by molar-refractivity contribution is 9.10. The highest BCUT2D eigenvalue weighted by atomic mass is 79.9. The molecule has 0 bridgehead atoms. The normalized spacial score (nSPS) is 29.5. The number of amides is 4. The van der Waals surface area contributed by atoms with Crippen molar-refractivity contribution in [2.75, 3.05) is 9.80 Å². The number of nitrogens with zero attached hydrogens (tertiary/aromatic N) is 2. The number of rotatable bonds is 3. The SMILES string of the molecule is CC12C(=O)N(c3ccc(F)c(Cl)c3)C(=O)C1CC1C(=CCC3C(=O)N(c4ccc(Cl)cc4)C(=O)C31)C2c1cc(Br)ccc1O. The first-order chi connectivity index (χ1) is 20.9. The van der Waals surface area contributed by atoms with Crippen LogP contribution in [0.4, 0.5) is 15.8 Å². The van der Waals surface area contributed by atoms with E-state index in [1.54, 1.807) is 43.3 Å². The van der Waals surface area contributed by atoms with Crippen LogP contribution in [0.3, 0.4) is 0 Å². The Bertz CT molecular complexity index is 1830. The molecule has 44 heavy (non-hydrogen) atoms. The van der Waals surface area contributed by atoms with Crippen molar-refractivity contribution < 1.29 is 28.7 Å². The Morgan fingerprint density at radius 1 is 0.886 bits per heavy atom. The largest absolute Gasteiger partial charge is 0.508 e. The fourth-order valence-corrected chi connectivity index (χ4v) is 8.51. The lowest BCUT2D eigenvalue weighted by molar-refractivity contribution is -0.131. The van der Waals surface area contributed by atoms with Crippen LogP contribution in [0.25, 0.3) is 0 Å². The summed E-state index contributed by atoms with van der Waals surface area (Å²) in [6.45, 7) is 1.71. The molecule has 7 nitrogen and oxygen atoms in total. The quantitative estimate of drug-likeness (QED) is 0.234. The number of imide groups is 2. The van der Waals surface area contributed by atoms with Gasteiger partial charge in [-0.1, -0.05) is 50.8 Å². The van der Waals surface area contributed by atoms with E-state index in [1.165, 1.54) is 23.1 Å². The molecule has 7 rings (SSSR count). The first-order valence-corrected chi connectivity index (χ1v) is 15.6. The third kappa shape index (κ3) is 4.05. The van der Waals surface area contributed by atoms with Gasteiger partial charge in [0.05, 0.1) is 39.6 Å². The van der Waals surface area contributed by atoms with Gasteiger partial charge in [0.25, 0.3) is 0 Å². The number of hydrogen-bond donors (Lipinski definition) is 1. The van der Waals surface area contributed by atoms with E-state index < -0.39 is 52.6 Å². The number of fused-ring (bicyclic) bond motifs is 4. The number of allylic oxidation sites excluding steroid dienone is 2. The molecule has 2 saturated heterocycles. The number of halogens is 4. The maximum absolute atomic E-state index is 14.4. The monoisotopic (exact) mass is 696 g/mol. The van der Waals surface area contributed by atoms with E-state index >= 15 is 0 Å². The standard InChI is InChI=1S/C33H24BrCl2FN2O5/c1-33-23(30(42)39(32(33)44)18-7-10-25(37)24(36)13-18)14-21-19(28(33)22-12-15(34)2-11-26(22)40)8-9-20-27(21)31(43)38(29(20)41)17-5-3-16(35)4-6-17/h2-8,10-13,20-21,23,27-28,40H,9,14H2,1H3. The molecule has 6 unspecified atom stereocenters. The van der Waals surface area contributed by atoms with Crippen molar-refractivity contribution in [2.45, 2.75) is 25.7 Å². The first kappa shape index (κ1) is 29.2. The Balaban J connectivity index is 1.38. The second-order valence-corrected chi connectivity index (χ2v) is 13.7. The van der Waals surface area contributed by atoms with Crippen molar-refractivity contribution in [3.63, 3.8) is 0 Å². The Kier molecular flexibility index (Phi) is 6.81. The van der Waals surface area contributed by atoms with Gasteiger partial charge in [-0.25, -0.2) is 9.29 Å². The van der Waals surface area contributed by atoms with Crippen LogP contribution in [0.2, 0.25) is 10.0 Å². The number of phenols is 1. The Labute approximate surface area is 270 Å². The highest BCUT2D eigenvalue weighted by Gasteiger charge is 2.68. The van der Waals surface area contributed by atoms with Gasteiger partial charge in [-0.15, -0.1) is 0 Å². The molecule has 2 aliphatic carbocycles. The molecule has 1 N–H and O–H groups in total. The summed E-state index contributed by atoms with van der Waals surface area (Å²) in [6.07, 6.45) is 2.30. The Morgan fingerprint density at radius 2 is 1.59 bits per heavy atom. The van der Waals surface area contributed by atoms with E-state index in [0.29, 0.717) is 20.7 Å². The lowest BCUT2D eigenvalue weighted by Gasteiger charge is -2.49. The summed E-state index contributed by atoms with van der Waals surface area (Å²) >= 11 is 15.6. The maximum atomic E-state index is 14.4.